The SMILES string of the molecule is CCCCSC[C@H](O)[C@@H](O)CSCCCC. The Morgan fingerprint density at radius 2 is 1.19 bits per heavy atom. The quantitative estimate of drug-likeness (QED) is 0.564. The van der Waals surface area contributed by atoms with Crippen molar-refractivity contribution in [2.24, 2.45) is 0 Å². The first-order valence-electron chi connectivity index (χ1n) is 6.24. The molecular formula is C12H26O2S2. The highest BCUT2D eigenvalue weighted by molar-refractivity contribution is 7.99. The summed E-state index contributed by atoms with van der Waals surface area (Å²) in [6.45, 7) is 4.33. The van der Waals surface area contributed by atoms with Gasteiger partial charge in [0.2, 0.25) is 0 Å². The van der Waals surface area contributed by atoms with Gasteiger partial charge < -0.3 is 10.2 Å². The Kier molecular flexibility index (Phi) is 12.6. The van der Waals surface area contributed by atoms with Gasteiger partial charge >= 0.3 is 0 Å². The van der Waals surface area contributed by atoms with E-state index in [0.717, 1.165) is 11.5 Å². The lowest BCUT2D eigenvalue weighted by Gasteiger charge is -2.17. The van der Waals surface area contributed by atoms with Crippen molar-refractivity contribution < 1.29 is 10.2 Å². The second-order valence-corrected chi connectivity index (χ2v) is 6.29. The highest BCUT2D eigenvalue weighted by atomic mass is 32.2. The number of hydrogen-bond acceptors (Lipinski definition) is 4. The molecule has 0 unspecified atom stereocenters. The highest BCUT2D eigenvalue weighted by Gasteiger charge is 2.15. The predicted octanol–water partition coefficient (Wildman–Crippen LogP) is 2.77. The molecule has 2 atom stereocenters. The van der Waals surface area contributed by atoms with Crippen LogP contribution >= 0.6 is 23.5 Å². The van der Waals surface area contributed by atoms with Gasteiger partial charge in [0.25, 0.3) is 0 Å². The molecule has 0 heterocycles. The van der Waals surface area contributed by atoms with Crippen molar-refractivity contribution in [3.63, 3.8) is 0 Å². The van der Waals surface area contributed by atoms with E-state index < -0.39 is 12.2 Å². The largest absolute Gasteiger partial charge is 0.390 e. The fraction of sp³-hybridized carbons (Fsp3) is 1.00. The van der Waals surface area contributed by atoms with Crippen molar-refractivity contribution in [2.45, 2.75) is 51.7 Å². The van der Waals surface area contributed by atoms with Gasteiger partial charge in [-0.05, 0) is 24.3 Å². The van der Waals surface area contributed by atoms with Crippen molar-refractivity contribution in [3.8, 4) is 0 Å². The minimum Gasteiger partial charge on any atom is -0.390 e. The predicted molar refractivity (Wildman–Crippen MR) is 76.5 cm³/mol. The van der Waals surface area contributed by atoms with Crippen LogP contribution in [0.2, 0.25) is 0 Å². The summed E-state index contributed by atoms with van der Waals surface area (Å²) in [5.74, 6) is 3.50. The van der Waals surface area contributed by atoms with Crippen LogP contribution in [0.25, 0.3) is 0 Å². The lowest BCUT2D eigenvalue weighted by atomic mass is 10.3. The molecule has 0 aliphatic carbocycles. The zero-order chi connectivity index (χ0) is 12.2. The van der Waals surface area contributed by atoms with Crippen LogP contribution in [-0.2, 0) is 0 Å². The molecule has 0 aromatic rings. The first-order chi connectivity index (χ1) is 7.72. The van der Waals surface area contributed by atoms with Crippen molar-refractivity contribution in [1.82, 2.24) is 0 Å². The number of hydrogen-bond donors (Lipinski definition) is 2. The van der Waals surface area contributed by atoms with Crippen LogP contribution in [-0.4, -0.2) is 45.4 Å². The highest BCUT2D eigenvalue weighted by Crippen LogP contribution is 2.13. The second kappa shape index (κ2) is 12.1. The smallest absolute Gasteiger partial charge is 0.0897 e. The first kappa shape index (κ1) is 16.6. The van der Waals surface area contributed by atoms with E-state index in [0.29, 0.717) is 11.5 Å². The third kappa shape index (κ3) is 9.82. The lowest BCUT2D eigenvalue weighted by molar-refractivity contribution is 0.0500. The fourth-order valence-electron chi connectivity index (χ4n) is 1.12. The van der Waals surface area contributed by atoms with E-state index >= 15 is 0 Å². The molecular weight excluding hydrogens is 240 g/mol. The lowest BCUT2D eigenvalue weighted by Crippen LogP contribution is -2.30. The van der Waals surface area contributed by atoms with E-state index in [2.05, 4.69) is 13.8 Å². The van der Waals surface area contributed by atoms with Gasteiger partial charge in [-0.3, -0.25) is 0 Å². The number of rotatable bonds is 11. The van der Waals surface area contributed by atoms with E-state index in [9.17, 15) is 10.2 Å². The molecule has 16 heavy (non-hydrogen) atoms. The van der Waals surface area contributed by atoms with E-state index in [4.69, 9.17) is 0 Å². The van der Waals surface area contributed by atoms with Crippen molar-refractivity contribution >= 4 is 23.5 Å². The molecule has 0 spiro atoms. The number of unbranched alkanes of at least 4 members (excludes halogenated alkanes) is 2. The Morgan fingerprint density at radius 3 is 1.50 bits per heavy atom. The molecule has 0 aliphatic rings. The van der Waals surface area contributed by atoms with Gasteiger partial charge in [-0.2, -0.15) is 23.5 Å². The zero-order valence-electron chi connectivity index (χ0n) is 10.5. The van der Waals surface area contributed by atoms with E-state index in [-0.39, 0.29) is 0 Å². The zero-order valence-corrected chi connectivity index (χ0v) is 12.2. The van der Waals surface area contributed by atoms with Crippen LogP contribution in [0, 0.1) is 0 Å². The molecule has 2 N–H and O–H groups in total. The third-order valence-corrected chi connectivity index (χ3v) is 4.61. The monoisotopic (exact) mass is 266 g/mol. The Bertz CT molecular complexity index is 129. The molecule has 0 aromatic carbocycles. The molecule has 0 rings (SSSR count). The molecule has 0 amide bonds. The average Bonchev–Trinajstić information content (AvgIpc) is 2.29. The summed E-state index contributed by atoms with van der Waals surface area (Å²) < 4.78 is 0. The molecule has 98 valence electrons. The molecule has 0 bridgehead atoms. The van der Waals surface area contributed by atoms with Crippen LogP contribution < -0.4 is 0 Å². The molecule has 2 nitrogen and oxygen atoms in total. The van der Waals surface area contributed by atoms with E-state index in [1.165, 1.54) is 25.7 Å². The van der Waals surface area contributed by atoms with Crippen LogP contribution in [0.1, 0.15) is 39.5 Å². The van der Waals surface area contributed by atoms with Crippen molar-refractivity contribution in [2.75, 3.05) is 23.0 Å². The molecule has 0 aromatic heterocycles. The van der Waals surface area contributed by atoms with Gasteiger partial charge in [0.1, 0.15) is 0 Å². The maximum absolute atomic E-state index is 9.69. The molecule has 0 aliphatic heterocycles. The summed E-state index contributed by atoms with van der Waals surface area (Å²) in [6, 6.07) is 0. The summed E-state index contributed by atoms with van der Waals surface area (Å²) in [5.41, 5.74) is 0. The number of thioether (sulfide) groups is 2. The Balaban J connectivity index is 3.38. The van der Waals surface area contributed by atoms with Crippen LogP contribution in [0.5, 0.6) is 0 Å². The number of aliphatic hydroxyl groups is 2. The summed E-state index contributed by atoms with van der Waals surface area (Å²) in [7, 11) is 0. The topological polar surface area (TPSA) is 40.5 Å². The summed E-state index contributed by atoms with van der Waals surface area (Å²) in [4.78, 5) is 0. The van der Waals surface area contributed by atoms with E-state index in [1.54, 1.807) is 23.5 Å². The minimum atomic E-state index is -0.559. The van der Waals surface area contributed by atoms with Crippen molar-refractivity contribution in [1.29, 1.82) is 0 Å². The van der Waals surface area contributed by atoms with Crippen LogP contribution in [0.3, 0.4) is 0 Å². The van der Waals surface area contributed by atoms with Gasteiger partial charge in [-0.15, -0.1) is 0 Å². The molecule has 0 saturated heterocycles. The fourth-order valence-corrected chi connectivity index (χ4v) is 3.37. The third-order valence-electron chi connectivity index (χ3n) is 2.31. The van der Waals surface area contributed by atoms with Gasteiger partial charge in [0, 0.05) is 11.5 Å². The Hall–Kier alpha value is 0.620. The summed E-state index contributed by atoms with van der Waals surface area (Å²) in [5, 5.41) is 19.4. The van der Waals surface area contributed by atoms with E-state index in [1.807, 2.05) is 0 Å². The molecule has 0 radical (unpaired) electrons. The summed E-state index contributed by atoms with van der Waals surface area (Å²) >= 11 is 3.48. The standard InChI is InChI=1S/C12H26O2S2/c1-3-5-7-15-9-11(13)12(14)10-16-8-6-4-2/h11-14H,3-10H2,1-2H3/t11-,12-/m0/s1. The van der Waals surface area contributed by atoms with Crippen LogP contribution in [0.15, 0.2) is 0 Å². The Labute approximate surface area is 109 Å². The number of aliphatic hydroxyl groups excluding tert-OH is 2. The van der Waals surface area contributed by atoms with Gasteiger partial charge in [-0.25, -0.2) is 0 Å². The van der Waals surface area contributed by atoms with Gasteiger partial charge in [0.05, 0.1) is 12.2 Å². The normalized spacial score (nSPS) is 15.0. The summed E-state index contributed by atoms with van der Waals surface area (Å²) in [6.07, 6.45) is 3.65. The molecule has 0 saturated carbocycles. The van der Waals surface area contributed by atoms with Gasteiger partial charge in [-0.1, -0.05) is 26.7 Å². The maximum Gasteiger partial charge on any atom is 0.0897 e. The molecule has 4 heteroatoms. The van der Waals surface area contributed by atoms with Crippen LogP contribution in [0.4, 0.5) is 0 Å². The maximum atomic E-state index is 9.69. The Morgan fingerprint density at radius 1 is 0.812 bits per heavy atom. The first-order valence-corrected chi connectivity index (χ1v) is 8.54. The van der Waals surface area contributed by atoms with Crippen molar-refractivity contribution in [3.05, 3.63) is 0 Å². The average molecular weight is 266 g/mol. The second-order valence-electron chi connectivity index (χ2n) is 3.99. The molecule has 0 fully saturated rings. The van der Waals surface area contributed by atoms with Gasteiger partial charge in [0.15, 0.2) is 0 Å². The minimum absolute atomic E-state index is 0.559.